The molecule has 14 nitrogen and oxygen atoms in total. The van der Waals surface area contributed by atoms with Crippen LogP contribution in [0.15, 0.2) is 54.3 Å². The first kappa shape index (κ1) is 48.5. The molecule has 332 valence electrons. The number of nitrogens with one attached hydrogen (secondary N) is 3. The first-order valence-electron chi connectivity index (χ1n) is 21.5. The molecule has 3 N–H and O–H groups in total. The zero-order chi connectivity index (χ0) is 44.1. The molecule has 0 saturated carbocycles. The Balaban J connectivity index is 1.48. The van der Waals surface area contributed by atoms with Crippen molar-refractivity contribution in [3.63, 3.8) is 0 Å². The number of likely N-dealkylation sites (tertiary alicyclic amines) is 1. The van der Waals surface area contributed by atoms with Crippen LogP contribution in [0.25, 0.3) is 0 Å². The normalized spacial score (nSPS) is 18.4. The van der Waals surface area contributed by atoms with Crippen molar-refractivity contribution in [1.29, 1.82) is 0 Å². The zero-order valence-electron chi connectivity index (χ0n) is 37.6. The van der Waals surface area contributed by atoms with E-state index in [1.54, 1.807) is 44.8 Å². The summed E-state index contributed by atoms with van der Waals surface area (Å²) in [7, 11) is 6.80. The molecule has 1 aliphatic heterocycles. The predicted molar refractivity (Wildman–Crippen MR) is 235 cm³/mol. The van der Waals surface area contributed by atoms with E-state index in [2.05, 4.69) is 39.4 Å². The summed E-state index contributed by atoms with van der Waals surface area (Å²) < 4.78 is 12.2. The second-order valence-corrected chi connectivity index (χ2v) is 18.0. The first-order chi connectivity index (χ1) is 28.6. The zero-order valence-corrected chi connectivity index (χ0v) is 38.4. The molecule has 1 fully saturated rings. The molecule has 4 amide bonds. The SMILES string of the molecule is CC[C@H](C)C([C@@H](CC(=O)N1CCC[C@H]1[C@H](OC)[C@@H](C)C(=O)N[C@@H](Cc1ccccc1)c1nccs1)OC)N(C)C(=O)[C@@H](NC(=O)C(C(C)C)N(C)Cc1ncc[nH]1)C(C)C. The van der Waals surface area contributed by atoms with E-state index in [0.717, 1.165) is 29.2 Å². The lowest BCUT2D eigenvalue weighted by Gasteiger charge is -2.41. The largest absolute Gasteiger partial charge is 0.379 e. The third kappa shape index (κ3) is 12.5. The molecule has 1 saturated heterocycles. The van der Waals surface area contributed by atoms with Crippen LogP contribution in [0.2, 0.25) is 0 Å². The summed E-state index contributed by atoms with van der Waals surface area (Å²) in [6.07, 6.45) is 6.82. The summed E-state index contributed by atoms with van der Waals surface area (Å²) in [5.41, 5.74) is 1.09. The Morgan fingerprint density at radius 3 is 2.23 bits per heavy atom. The van der Waals surface area contributed by atoms with E-state index < -0.39 is 36.3 Å². The molecule has 0 aliphatic carbocycles. The highest BCUT2D eigenvalue weighted by molar-refractivity contribution is 7.09. The Labute approximate surface area is 361 Å². The van der Waals surface area contributed by atoms with E-state index in [4.69, 9.17) is 9.47 Å². The van der Waals surface area contributed by atoms with Crippen molar-refractivity contribution in [3.8, 4) is 0 Å². The Kier molecular flexibility index (Phi) is 18.7. The van der Waals surface area contributed by atoms with Crippen LogP contribution in [-0.2, 0) is 41.6 Å². The number of aromatic nitrogens is 3. The van der Waals surface area contributed by atoms with Crippen LogP contribution in [0.3, 0.4) is 0 Å². The Morgan fingerprint density at radius 1 is 0.950 bits per heavy atom. The lowest BCUT2D eigenvalue weighted by molar-refractivity contribution is -0.148. The van der Waals surface area contributed by atoms with E-state index in [1.165, 1.54) is 11.3 Å². The van der Waals surface area contributed by atoms with Gasteiger partial charge in [-0.3, -0.25) is 24.1 Å². The maximum atomic E-state index is 14.5. The van der Waals surface area contributed by atoms with Gasteiger partial charge in [-0.2, -0.15) is 0 Å². The number of rotatable bonds is 23. The Morgan fingerprint density at radius 2 is 1.67 bits per heavy atom. The van der Waals surface area contributed by atoms with Crippen LogP contribution in [0, 0.1) is 23.7 Å². The van der Waals surface area contributed by atoms with E-state index >= 15 is 0 Å². The Bertz CT molecular complexity index is 1760. The lowest BCUT2D eigenvalue weighted by atomic mass is 9.89. The molecular formula is C45H70N8O6S. The summed E-state index contributed by atoms with van der Waals surface area (Å²) in [4.78, 5) is 74.2. The van der Waals surface area contributed by atoms with Crippen LogP contribution in [0.1, 0.15) is 96.6 Å². The minimum Gasteiger partial charge on any atom is -0.379 e. The minimum absolute atomic E-state index is 0.0328. The van der Waals surface area contributed by atoms with Crippen molar-refractivity contribution in [2.75, 3.05) is 34.9 Å². The number of imidazole rings is 1. The number of amides is 4. The number of nitrogens with zero attached hydrogens (tertiary/aromatic N) is 5. The second kappa shape index (κ2) is 23.2. The van der Waals surface area contributed by atoms with Crippen molar-refractivity contribution < 1.29 is 28.7 Å². The number of benzene rings is 1. The highest BCUT2D eigenvalue weighted by atomic mass is 32.1. The van der Waals surface area contributed by atoms with Crippen molar-refractivity contribution in [2.24, 2.45) is 23.7 Å². The third-order valence-corrected chi connectivity index (χ3v) is 13.1. The third-order valence-electron chi connectivity index (χ3n) is 12.2. The first-order valence-corrected chi connectivity index (χ1v) is 22.3. The molecule has 0 radical (unpaired) electrons. The number of ether oxygens (including phenoxy) is 2. The fourth-order valence-electron chi connectivity index (χ4n) is 8.77. The van der Waals surface area contributed by atoms with Gasteiger partial charge in [0.2, 0.25) is 23.6 Å². The van der Waals surface area contributed by atoms with Gasteiger partial charge < -0.3 is 34.9 Å². The van der Waals surface area contributed by atoms with E-state index in [0.29, 0.717) is 25.9 Å². The molecule has 2 aromatic heterocycles. The lowest BCUT2D eigenvalue weighted by Crippen LogP contribution is -2.60. The summed E-state index contributed by atoms with van der Waals surface area (Å²) >= 11 is 1.50. The van der Waals surface area contributed by atoms with Gasteiger partial charge in [-0.05, 0) is 49.6 Å². The monoisotopic (exact) mass is 851 g/mol. The summed E-state index contributed by atoms with van der Waals surface area (Å²) in [6, 6.07) is 7.60. The van der Waals surface area contributed by atoms with Crippen LogP contribution in [0.5, 0.6) is 0 Å². The van der Waals surface area contributed by atoms with Crippen molar-refractivity contribution >= 4 is 35.0 Å². The maximum absolute atomic E-state index is 14.5. The number of carbonyl (C=O) groups is 4. The predicted octanol–water partition coefficient (Wildman–Crippen LogP) is 5.48. The van der Waals surface area contributed by atoms with E-state index in [-0.39, 0.29) is 59.9 Å². The molecule has 4 rings (SSSR count). The van der Waals surface area contributed by atoms with Gasteiger partial charge in [0.25, 0.3) is 0 Å². The highest BCUT2D eigenvalue weighted by Gasteiger charge is 2.43. The summed E-state index contributed by atoms with van der Waals surface area (Å²) in [6.45, 7) is 14.8. The van der Waals surface area contributed by atoms with Crippen LogP contribution >= 0.6 is 11.3 Å². The number of likely N-dealkylation sites (N-methyl/N-ethyl adjacent to an activating group) is 2. The van der Waals surface area contributed by atoms with Crippen LogP contribution in [-0.4, -0.2) is 125 Å². The molecule has 1 aromatic carbocycles. The maximum Gasteiger partial charge on any atom is 0.245 e. The van der Waals surface area contributed by atoms with Gasteiger partial charge in [-0.1, -0.05) is 85.2 Å². The highest BCUT2D eigenvalue weighted by Crippen LogP contribution is 2.31. The molecule has 3 heterocycles. The van der Waals surface area contributed by atoms with Gasteiger partial charge in [0, 0.05) is 51.8 Å². The van der Waals surface area contributed by atoms with Gasteiger partial charge in [0.15, 0.2) is 0 Å². The van der Waals surface area contributed by atoms with Crippen LogP contribution in [0.4, 0.5) is 0 Å². The van der Waals surface area contributed by atoms with Gasteiger partial charge in [0.1, 0.15) is 16.9 Å². The molecule has 15 heteroatoms. The molecule has 9 atom stereocenters. The number of H-pyrrole nitrogens is 1. The smallest absolute Gasteiger partial charge is 0.245 e. The van der Waals surface area contributed by atoms with Crippen molar-refractivity contribution in [1.82, 2.24) is 40.3 Å². The molecule has 0 bridgehead atoms. The summed E-state index contributed by atoms with van der Waals surface area (Å²) in [5.74, 6) is -0.855. The number of carbonyl (C=O) groups excluding carboxylic acids is 4. The fraction of sp³-hybridized carbons (Fsp3) is 0.644. The second-order valence-electron chi connectivity index (χ2n) is 17.1. The molecule has 60 heavy (non-hydrogen) atoms. The van der Waals surface area contributed by atoms with Gasteiger partial charge in [-0.25, -0.2) is 9.97 Å². The number of aromatic amines is 1. The van der Waals surface area contributed by atoms with E-state index in [1.807, 2.05) is 87.2 Å². The quantitative estimate of drug-likeness (QED) is 0.112. The topological polar surface area (TPSA) is 162 Å². The van der Waals surface area contributed by atoms with E-state index in [9.17, 15) is 19.2 Å². The van der Waals surface area contributed by atoms with Gasteiger partial charge >= 0.3 is 0 Å². The molecule has 3 aromatic rings. The van der Waals surface area contributed by atoms with Gasteiger partial charge in [0.05, 0.1) is 55.3 Å². The average Bonchev–Trinajstić information content (AvgIpc) is 4.04. The standard InChI is InChI=1S/C45H70N8O6S/c1-12-30(6)40(52(9)45(57)38(28(2)3)50-43(56)39(29(4)5)51(8)27-36-46-20-21-47-36)35(58-10)26-37(54)53-23-16-19-34(53)41(59-11)31(7)42(55)49-33(44-48-22-24-60-44)25-32-17-14-13-15-18-32/h13-15,17-18,20-22,24,28-31,33-35,38-41H,12,16,19,23,25-27H2,1-11H3,(H,46,47)(H,49,55)(H,50,56)/t30-,31+,33-,34-,35+,38-,39?,40?,41+/m0/s1. The number of methoxy groups -OCH3 is 2. The molecule has 2 unspecified atom stereocenters. The van der Waals surface area contributed by atoms with Crippen molar-refractivity contribution in [3.05, 3.63) is 70.7 Å². The van der Waals surface area contributed by atoms with Crippen LogP contribution < -0.4 is 10.6 Å². The number of hydrogen-bond donors (Lipinski definition) is 3. The molecule has 1 aliphatic rings. The average molecular weight is 851 g/mol. The molecule has 0 spiro atoms. The fourth-order valence-corrected chi connectivity index (χ4v) is 9.46. The number of thiazole rings is 1. The van der Waals surface area contributed by atoms with Crippen molar-refractivity contribution in [2.45, 2.75) is 130 Å². The number of hydrogen-bond acceptors (Lipinski definition) is 10. The Hall–Kier alpha value is -4.18. The molecular weight excluding hydrogens is 781 g/mol. The minimum atomic E-state index is -0.804. The van der Waals surface area contributed by atoms with Gasteiger partial charge in [-0.15, -0.1) is 11.3 Å². The summed E-state index contributed by atoms with van der Waals surface area (Å²) in [5, 5.41) is 9.07.